The van der Waals surface area contributed by atoms with Gasteiger partial charge < -0.3 is 18.3 Å². The van der Waals surface area contributed by atoms with Gasteiger partial charge in [0.25, 0.3) is 0 Å². The normalized spacial score (nSPS) is 10.8. The summed E-state index contributed by atoms with van der Waals surface area (Å²) in [4.78, 5) is 0. The molecule has 0 amide bonds. The molecule has 0 atom stereocenters. The van der Waals surface area contributed by atoms with E-state index in [-0.39, 0.29) is 51.4 Å². The van der Waals surface area contributed by atoms with Crippen molar-refractivity contribution in [3.05, 3.63) is 59.7 Å². The van der Waals surface area contributed by atoms with Crippen LogP contribution in [-0.4, -0.2) is 6.98 Å². The number of anilines is 1. The standard InChI is InChI=1S/C14H14BF3N.K/c1-11-5-7-14(8-6-11)19-10-12-3-2-4-13(9-12)15(16,17)18;/h2-9,19H,10H2,1H3;/q-1;+1. The number of benzene rings is 2. The number of aryl methyl sites for hydroxylation is 1. The Morgan fingerprint density at radius 1 is 1.00 bits per heavy atom. The molecule has 0 aliphatic heterocycles. The molecule has 0 bridgehead atoms. The molecule has 6 heteroatoms. The second kappa shape index (κ2) is 7.66. The molecule has 1 N–H and O–H groups in total. The van der Waals surface area contributed by atoms with Crippen molar-refractivity contribution in [2.24, 2.45) is 0 Å². The first-order valence-electron chi connectivity index (χ1n) is 6.04. The fraction of sp³-hybridized carbons (Fsp3) is 0.143. The van der Waals surface area contributed by atoms with Crippen molar-refractivity contribution >= 4 is 18.1 Å². The molecule has 2 aromatic carbocycles. The third-order valence-electron chi connectivity index (χ3n) is 2.88. The van der Waals surface area contributed by atoms with Gasteiger partial charge in [0.15, 0.2) is 0 Å². The van der Waals surface area contributed by atoms with Gasteiger partial charge in [-0.05, 0) is 24.6 Å². The van der Waals surface area contributed by atoms with Gasteiger partial charge in [-0.1, -0.05) is 42.0 Å². The van der Waals surface area contributed by atoms with Gasteiger partial charge in [0.1, 0.15) is 0 Å². The first kappa shape index (κ1) is 17.8. The fourth-order valence-corrected chi connectivity index (χ4v) is 1.78. The SMILES string of the molecule is Cc1ccc(NCc2cccc([B-](F)(F)F)c2)cc1.[K+]. The first-order chi connectivity index (χ1) is 8.95. The van der Waals surface area contributed by atoms with Gasteiger partial charge in [-0.25, -0.2) is 0 Å². The van der Waals surface area contributed by atoms with Crippen LogP contribution in [0.2, 0.25) is 0 Å². The molecule has 0 saturated heterocycles. The Bertz CT molecular complexity index is 555. The van der Waals surface area contributed by atoms with Crippen molar-refractivity contribution in [2.75, 3.05) is 5.32 Å². The summed E-state index contributed by atoms with van der Waals surface area (Å²) in [5.74, 6) is 0. The monoisotopic (exact) mass is 303 g/mol. The molecule has 0 aliphatic rings. The summed E-state index contributed by atoms with van der Waals surface area (Å²) < 4.78 is 37.9. The summed E-state index contributed by atoms with van der Waals surface area (Å²) in [6.07, 6.45) is 0. The third kappa shape index (κ3) is 5.26. The van der Waals surface area contributed by atoms with Crippen LogP contribution in [0.4, 0.5) is 18.6 Å². The first-order valence-corrected chi connectivity index (χ1v) is 6.04. The Hall–Kier alpha value is -0.269. The zero-order valence-electron chi connectivity index (χ0n) is 11.5. The average Bonchev–Trinajstić information content (AvgIpc) is 2.37. The zero-order chi connectivity index (χ0) is 13.9. The maximum Gasteiger partial charge on any atom is 1.00 e. The number of hydrogen-bond acceptors (Lipinski definition) is 1. The number of halogens is 3. The zero-order valence-corrected chi connectivity index (χ0v) is 14.7. The van der Waals surface area contributed by atoms with Gasteiger partial charge in [-0.15, -0.1) is 5.46 Å². The molecule has 2 rings (SSSR count). The summed E-state index contributed by atoms with van der Waals surface area (Å²) >= 11 is 0. The van der Waals surface area contributed by atoms with Crippen molar-refractivity contribution in [2.45, 2.75) is 13.5 Å². The summed E-state index contributed by atoms with van der Waals surface area (Å²) in [5.41, 5.74) is 2.11. The minimum atomic E-state index is -4.93. The molecule has 0 aromatic heterocycles. The van der Waals surface area contributed by atoms with Crippen LogP contribution >= 0.6 is 0 Å². The van der Waals surface area contributed by atoms with Crippen LogP contribution in [-0.2, 0) is 6.54 Å². The van der Waals surface area contributed by atoms with E-state index in [2.05, 4.69) is 5.32 Å². The van der Waals surface area contributed by atoms with Crippen LogP contribution in [0.3, 0.4) is 0 Å². The minimum Gasteiger partial charge on any atom is -0.445 e. The second-order valence-corrected chi connectivity index (χ2v) is 4.54. The summed E-state index contributed by atoms with van der Waals surface area (Å²) in [6, 6.07) is 13.2. The molecule has 0 unspecified atom stereocenters. The Morgan fingerprint density at radius 2 is 1.65 bits per heavy atom. The Balaban J connectivity index is 0.00000200. The Kier molecular flexibility index (Phi) is 6.81. The quantitative estimate of drug-likeness (QED) is 0.819. The maximum absolute atomic E-state index is 12.6. The van der Waals surface area contributed by atoms with Crippen LogP contribution in [0, 0.1) is 6.92 Å². The van der Waals surface area contributed by atoms with Crippen molar-refractivity contribution in [3.8, 4) is 0 Å². The van der Waals surface area contributed by atoms with Crippen molar-refractivity contribution in [1.29, 1.82) is 0 Å². The van der Waals surface area contributed by atoms with E-state index in [0.717, 1.165) is 17.3 Å². The molecule has 0 saturated carbocycles. The van der Waals surface area contributed by atoms with Crippen LogP contribution in [0.25, 0.3) is 0 Å². The van der Waals surface area contributed by atoms with Crippen LogP contribution in [0.15, 0.2) is 48.5 Å². The smallest absolute Gasteiger partial charge is 0.445 e. The van der Waals surface area contributed by atoms with Crippen molar-refractivity contribution < 1.29 is 64.3 Å². The maximum atomic E-state index is 12.6. The molecule has 0 spiro atoms. The fourth-order valence-electron chi connectivity index (χ4n) is 1.78. The van der Waals surface area contributed by atoms with Gasteiger partial charge in [-0.2, -0.15) is 0 Å². The number of hydrogen-bond donors (Lipinski definition) is 1. The molecule has 20 heavy (non-hydrogen) atoms. The molecule has 1 nitrogen and oxygen atoms in total. The van der Waals surface area contributed by atoms with E-state index >= 15 is 0 Å². The second-order valence-electron chi connectivity index (χ2n) is 4.54. The predicted octanol–water partition coefficient (Wildman–Crippen LogP) is 0.666. The number of nitrogens with one attached hydrogen (secondary N) is 1. The molecule has 0 aliphatic carbocycles. The molecule has 2 aromatic rings. The van der Waals surface area contributed by atoms with Crippen molar-refractivity contribution in [1.82, 2.24) is 0 Å². The largest absolute Gasteiger partial charge is 1.00 e. The molecule has 0 radical (unpaired) electrons. The van der Waals surface area contributed by atoms with E-state index in [9.17, 15) is 12.9 Å². The van der Waals surface area contributed by atoms with E-state index in [0.29, 0.717) is 12.1 Å². The third-order valence-corrected chi connectivity index (χ3v) is 2.88. The van der Waals surface area contributed by atoms with Gasteiger partial charge >= 0.3 is 58.4 Å². The Labute approximate surface area is 159 Å². The van der Waals surface area contributed by atoms with E-state index in [4.69, 9.17) is 0 Å². The van der Waals surface area contributed by atoms with Gasteiger partial charge in [0.05, 0.1) is 0 Å². The van der Waals surface area contributed by atoms with E-state index in [1.807, 2.05) is 31.2 Å². The van der Waals surface area contributed by atoms with Crippen LogP contribution in [0.5, 0.6) is 0 Å². The van der Waals surface area contributed by atoms with E-state index in [1.165, 1.54) is 12.1 Å². The van der Waals surface area contributed by atoms with Gasteiger partial charge in [0, 0.05) is 12.2 Å². The molecule has 100 valence electrons. The number of rotatable bonds is 4. The van der Waals surface area contributed by atoms with Crippen LogP contribution in [0.1, 0.15) is 11.1 Å². The average molecular weight is 303 g/mol. The van der Waals surface area contributed by atoms with Crippen molar-refractivity contribution in [3.63, 3.8) is 0 Å². The Morgan fingerprint density at radius 3 is 2.25 bits per heavy atom. The predicted molar refractivity (Wildman–Crippen MR) is 73.7 cm³/mol. The topological polar surface area (TPSA) is 12.0 Å². The molecular formula is C14H14BF3KN. The molecule has 0 heterocycles. The summed E-state index contributed by atoms with van der Waals surface area (Å²) in [5, 5.41) is 3.11. The van der Waals surface area contributed by atoms with E-state index in [1.54, 1.807) is 6.07 Å². The molecular weight excluding hydrogens is 289 g/mol. The van der Waals surface area contributed by atoms with Gasteiger partial charge in [0.2, 0.25) is 0 Å². The van der Waals surface area contributed by atoms with Gasteiger partial charge in [-0.3, -0.25) is 0 Å². The van der Waals surface area contributed by atoms with E-state index < -0.39 is 12.4 Å². The summed E-state index contributed by atoms with van der Waals surface area (Å²) in [6.45, 7) is -2.57. The molecule has 0 fully saturated rings. The summed E-state index contributed by atoms with van der Waals surface area (Å²) in [7, 11) is 0. The minimum absolute atomic E-state index is 0. The van der Waals surface area contributed by atoms with Crippen LogP contribution < -0.4 is 62.2 Å².